The van der Waals surface area contributed by atoms with Crippen LogP contribution in [0.2, 0.25) is 0 Å². The van der Waals surface area contributed by atoms with Crippen molar-refractivity contribution in [2.75, 3.05) is 0 Å². The van der Waals surface area contributed by atoms with Gasteiger partial charge in [-0.2, -0.15) is 0 Å². The molecule has 4 heteroatoms. The molecule has 2 rings (SSSR count). The molecule has 0 bridgehead atoms. The van der Waals surface area contributed by atoms with E-state index in [1.165, 1.54) is 5.57 Å². The Balaban J connectivity index is 0. The average molecular weight is 383 g/mol. The maximum atomic E-state index is 2.48. The first-order valence-corrected chi connectivity index (χ1v) is 6.84. The predicted molar refractivity (Wildman–Crippen MR) is 72.5 cm³/mol. The molecule has 0 aromatic heterocycles. The Morgan fingerprint density at radius 2 is 1.72 bits per heavy atom. The van der Waals surface area contributed by atoms with Crippen molar-refractivity contribution in [1.29, 1.82) is 0 Å². The minimum absolute atomic E-state index is 0. The average Bonchev–Trinajstić information content (AvgIpc) is 2.56. The molecular weight excluding hydrogens is 362 g/mol. The van der Waals surface area contributed by atoms with Gasteiger partial charge in [-0.1, -0.05) is 39.0 Å². The Bertz CT molecular complexity index is 422. The van der Waals surface area contributed by atoms with E-state index in [2.05, 4.69) is 58.9 Å². The molecule has 2 atom stereocenters. The summed E-state index contributed by atoms with van der Waals surface area (Å²) in [5, 5.41) is 0.689. The first-order valence-electron chi connectivity index (χ1n) is 5.55. The van der Waals surface area contributed by atoms with Crippen molar-refractivity contribution in [3.63, 3.8) is 0 Å². The first kappa shape index (κ1) is 21.2. The fraction of sp³-hybridized carbons (Fsp3) is 0.500. The van der Waals surface area contributed by atoms with Gasteiger partial charge in [-0.05, 0) is 35.8 Å². The molecule has 100 valence electrons. The summed E-state index contributed by atoms with van der Waals surface area (Å²) in [5.74, 6) is 0. The van der Waals surface area contributed by atoms with Crippen LogP contribution >= 0.6 is 10.5 Å². The molecule has 2 aliphatic rings. The third-order valence-corrected chi connectivity index (χ3v) is 6.00. The van der Waals surface area contributed by atoms with Gasteiger partial charge >= 0.3 is 26.2 Å². The summed E-state index contributed by atoms with van der Waals surface area (Å²) in [6.07, 6.45) is 9.21. The Hall–Kier alpha value is 0.903. The van der Waals surface area contributed by atoms with E-state index < -0.39 is 0 Å². The molecule has 1 heterocycles. The van der Waals surface area contributed by atoms with Crippen molar-refractivity contribution < 1.29 is 51.0 Å². The quantitative estimate of drug-likeness (QED) is 0.438. The summed E-state index contributed by atoms with van der Waals surface area (Å²) < 4.78 is 0. The van der Waals surface area contributed by atoms with Crippen LogP contribution in [0.3, 0.4) is 0 Å². The van der Waals surface area contributed by atoms with Crippen LogP contribution in [-0.4, -0.2) is 10.1 Å². The zero-order valence-electron chi connectivity index (χ0n) is 11.6. The Morgan fingerprint density at radius 1 is 1.17 bits per heavy atom. The molecule has 0 aromatic carbocycles. The van der Waals surface area contributed by atoms with E-state index in [1.807, 2.05) is 0 Å². The molecule has 1 aliphatic heterocycles. The van der Waals surface area contributed by atoms with Crippen LogP contribution in [0, 0.1) is 5.41 Å². The van der Waals surface area contributed by atoms with Crippen molar-refractivity contribution in [2.45, 2.75) is 39.9 Å². The minimum Gasteiger partial charge on any atom is -1.00 e. The van der Waals surface area contributed by atoms with Crippen molar-refractivity contribution in [1.82, 2.24) is 0 Å². The van der Waals surface area contributed by atoms with Crippen molar-refractivity contribution >= 4 is 15.3 Å². The zero-order valence-corrected chi connectivity index (χ0v) is 16.3. The molecule has 0 N–H and O–H groups in total. The maximum Gasteiger partial charge on any atom is 2.00 e. The second-order valence-corrected chi connectivity index (χ2v) is 7.98. The molecule has 2 unspecified atom stereocenters. The summed E-state index contributed by atoms with van der Waals surface area (Å²) in [7, 11) is 0.331. The van der Waals surface area contributed by atoms with Gasteiger partial charge in [0.15, 0.2) is 0 Å². The molecule has 18 heavy (non-hydrogen) atoms. The predicted octanol–water partition coefficient (Wildman–Crippen LogP) is -1.72. The van der Waals surface area contributed by atoms with Crippen LogP contribution in [0.25, 0.3) is 0 Å². The summed E-state index contributed by atoms with van der Waals surface area (Å²) >= 11 is 0. The molecule has 0 spiro atoms. The number of rotatable bonds is 0. The number of allylic oxidation sites excluding steroid dienone is 4. The summed E-state index contributed by atoms with van der Waals surface area (Å²) in [5.41, 5.74) is 1.84. The monoisotopic (exact) mass is 380 g/mol. The normalized spacial score (nSPS) is 24.1. The van der Waals surface area contributed by atoms with E-state index in [9.17, 15) is 0 Å². The first-order chi connectivity index (χ1) is 6.91. The summed E-state index contributed by atoms with van der Waals surface area (Å²) in [6, 6.07) is 0. The fourth-order valence-corrected chi connectivity index (χ4v) is 5.03. The van der Waals surface area contributed by atoms with Crippen LogP contribution < -0.4 is 24.8 Å². The number of fused-ring (bicyclic) bond motifs is 1. The van der Waals surface area contributed by atoms with Gasteiger partial charge in [-0.3, -0.25) is 0 Å². The van der Waals surface area contributed by atoms with Crippen LogP contribution in [0.1, 0.15) is 34.6 Å². The molecule has 0 radical (unpaired) electrons. The van der Waals surface area contributed by atoms with E-state index in [-0.39, 0.29) is 51.0 Å². The van der Waals surface area contributed by atoms with Crippen LogP contribution in [-0.2, 0) is 26.2 Å². The summed E-state index contributed by atoms with van der Waals surface area (Å²) in [4.78, 5) is 3.13. The standard InChI is InChI=1S/C14H20S.2ClH.Zr/c1-10(2)15-12-8-6-7-11(12)9-13(15)14(3,4)5;;;/h6-9,13H,1-5H3;2*1H;/q;;;+2/p-2. The van der Waals surface area contributed by atoms with E-state index >= 15 is 0 Å². The molecule has 0 aromatic rings. The third kappa shape index (κ3) is 3.95. The Morgan fingerprint density at radius 3 is 2.17 bits per heavy atom. The molecule has 0 fully saturated rings. The van der Waals surface area contributed by atoms with Gasteiger partial charge in [0, 0.05) is 10.2 Å². The second-order valence-electron chi connectivity index (χ2n) is 5.54. The Kier molecular flexibility index (Phi) is 8.98. The van der Waals surface area contributed by atoms with E-state index in [1.54, 1.807) is 9.77 Å². The van der Waals surface area contributed by atoms with Gasteiger partial charge in [-0.25, -0.2) is 0 Å². The largest absolute Gasteiger partial charge is 2.00 e. The minimum atomic E-state index is 0. The maximum absolute atomic E-state index is 2.48. The van der Waals surface area contributed by atoms with E-state index in [4.69, 9.17) is 0 Å². The van der Waals surface area contributed by atoms with Gasteiger partial charge in [0.1, 0.15) is 0 Å². The molecule has 1 aliphatic carbocycles. The van der Waals surface area contributed by atoms with Gasteiger partial charge in [0.25, 0.3) is 0 Å². The molecule has 0 nitrogen and oxygen atoms in total. The van der Waals surface area contributed by atoms with Gasteiger partial charge in [0.05, 0.1) is 0 Å². The number of hydrogen-bond donors (Lipinski definition) is 0. The zero-order chi connectivity index (χ0) is 11.2. The Labute approximate surface area is 145 Å². The van der Waals surface area contributed by atoms with Gasteiger partial charge < -0.3 is 24.8 Å². The second kappa shape index (κ2) is 7.62. The van der Waals surface area contributed by atoms with Crippen molar-refractivity contribution in [3.05, 3.63) is 34.8 Å². The van der Waals surface area contributed by atoms with E-state index in [0.717, 1.165) is 0 Å². The molecule has 0 saturated carbocycles. The van der Waals surface area contributed by atoms with Gasteiger partial charge in [-0.15, -0.1) is 10.5 Å². The number of halogens is 2. The molecule has 0 saturated heterocycles. The molecule has 0 amide bonds. The van der Waals surface area contributed by atoms with E-state index in [0.29, 0.717) is 21.1 Å². The van der Waals surface area contributed by atoms with Crippen LogP contribution in [0.15, 0.2) is 34.8 Å². The van der Waals surface area contributed by atoms with Crippen LogP contribution in [0.4, 0.5) is 0 Å². The fourth-order valence-electron chi connectivity index (χ4n) is 2.20. The smallest absolute Gasteiger partial charge is 1.00 e. The topological polar surface area (TPSA) is 0 Å². The SMILES string of the molecule is CC(C)=S1C2=CC=CC2=CC1C(C)(C)C.[Cl-].[Cl-].[Zr+2]. The summed E-state index contributed by atoms with van der Waals surface area (Å²) in [6.45, 7) is 11.6. The van der Waals surface area contributed by atoms with Gasteiger partial charge in [0.2, 0.25) is 0 Å². The molecular formula is C14H20Cl2SZr. The van der Waals surface area contributed by atoms with Crippen molar-refractivity contribution in [3.8, 4) is 0 Å². The number of hydrogen-bond acceptors (Lipinski definition) is 0. The van der Waals surface area contributed by atoms with Crippen molar-refractivity contribution in [2.24, 2.45) is 5.41 Å². The third-order valence-electron chi connectivity index (χ3n) is 2.92. The van der Waals surface area contributed by atoms with Crippen LogP contribution in [0.5, 0.6) is 0 Å².